The molecule has 3 aliphatic heterocycles. The molecule has 0 aliphatic carbocycles. The van der Waals surface area contributed by atoms with Gasteiger partial charge < -0.3 is 14.7 Å². The molecule has 3 aliphatic rings. The van der Waals surface area contributed by atoms with Gasteiger partial charge in [0.05, 0.1) is 17.9 Å². The molecule has 4 heteroatoms. The van der Waals surface area contributed by atoms with Gasteiger partial charge in [-0.1, -0.05) is 5.16 Å². The zero-order chi connectivity index (χ0) is 9.60. The lowest BCUT2D eigenvalue weighted by Gasteiger charge is -2.40. The van der Waals surface area contributed by atoms with E-state index in [0.29, 0.717) is 6.10 Å². The van der Waals surface area contributed by atoms with Gasteiger partial charge >= 0.3 is 0 Å². The highest BCUT2D eigenvalue weighted by atomic mass is 16.6. The molecule has 0 aromatic carbocycles. The lowest BCUT2D eigenvalue weighted by Crippen LogP contribution is -2.52. The van der Waals surface area contributed by atoms with Crippen molar-refractivity contribution in [3.63, 3.8) is 0 Å². The molecule has 2 bridgehead atoms. The van der Waals surface area contributed by atoms with E-state index in [1.807, 2.05) is 0 Å². The molecule has 1 N–H and O–H groups in total. The maximum absolute atomic E-state index is 9.00. The molecule has 3 saturated heterocycles. The van der Waals surface area contributed by atoms with E-state index in [1.165, 1.54) is 0 Å². The molecule has 3 heterocycles. The summed E-state index contributed by atoms with van der Waals surface area (Å²) >= 11 is 0. The molecule has 78 valence electrons. The van der Waals surface area contributed by atoms with Crippen molar-refractivity contribution < 1.29 is 14.7 Å². The minimum Gasteiger partial charge on any atom is -0.411 e. The average Bonchev–Trinajstić information content (AvgIpc) is 2.51. The van der Waals surface area contributed by atoms with Crippen LogP contribution in [0.1, 0.15) is 32.1 Å². The minimum absolute atomic E-state index is 0.134. The van der Waals surface area contributed by atoms with Gasteiger partial charge in [0.2, 0.25) is 0 Å². The summed E-state index contributed by atoms with van der Waals surface area (Å²) in [5.74, 6) is 0. The molecule has 0 aromatic heterocycles. The van der Waals surface area contributed by atoms with E-state index in [-0.39, 0.29) is 11.7 Å². The van der Waals surface area contributed by atoms with Crippen LogP contribution in [0.15, 0.2) is 5.16 Å². The van der Waals surface area contributed by atoms with Gasteiger partial charge in [-0.15, -0.1) is 0 Å². The Hall–Kier alpha value is -0.610. The number of fused-ring (bicyclic) bond motifs is 1. The van der Waals surface area contributed by atoms with E-state index >= 15 is 0 Å². The summed E-state index contributed by atoms with van der Waals surface area (Å²) in [7, 11) is 0. The number of hydrogen-bond acceptors (Lipinski definition) is 4. The van der Waals surface area contributed by atoms with Gasteiger partial charge in [0.1, 0.15) is 5.60 Å². The van der Waals surface area contributed by atoms with E-state index in [1.54, 1.807) is 0 Å². The van der Waals surface area contributed by atoms with Gasteiger partial charge in [-0.2, -0.15) is 0 Å². The van der Waals surface area contributed by atoms with Gasteiger partial charge in [0.15, 0.2) is 0 Å². The van der Waals surface area contributed by atoms with Gasteiger partial charge in [-0.3, -0.25) is 0 Å². The fraction of sp³-hybridized carbons (Fsp3) is 0.900. The molecule has 1 spiro atoms. The van der Waals surface area contributed by atoms with Crippen LogP contribution in [0.5, 0.6) is 0 Å². The summed E-state index contributed by atoms with van der Waals surface area (Å²) in [6.45, 7) is 0.821. The standard InChI is InChI=1S/C10H15NO3/c12-11-8-3-2-7-6-9-10(8,14-7)4-1-5-13-9/h7,9,12H,1-6H2/b11-8+/t7-,9+,10+/m0/s1. The number of oxime groups is 1. The third kappa shape index (κ3) is 0.982. The van der Waals surface area contributed by atoms with Crippen LogP contribution in [-0.4, -0.2) is 35.3 Å². The highest BCUT2D eigenvalue weighted by Crippen LogP contribution is 2.46. The third-order valence-corrected chi connectivity index (χ3v) is 3.70. The van der Waals surface area contributed by atoms with Gasteiger partial charge in [0, 0.05) is 13.0 Å². The maximum atomic E-state index is 9.00. The van der Waals surface area contributed by atoms with Crippen molar-refractivity contribution in [1.82, 2.24) is 0 Å². The largest absolute Gasteiger partial charge is 0.411 e. The van der Waals surface area contributed by atoms with Crippen molar-refractivity contribution in [2.24, 2.45) is 5.16 Å². The van der Waals surface area contributed by atoms with Crippen molar-refractivity contribution >= 4 is 5.71 Å². The summed E-state index contributed by atoms with van der Waals surface area (Å²) in [5.41, 5.74) is 0.437. The molecule has 0 amide bonds. The average molecular weight is 197 g/mol. The summed E-state index contributed by atoms with van der Waals surface area (Å²) in [6, 6.07) is 0. The first-order valence-electron chi connectivity index (χ1n) is 5.36. The SMILES string of the molecule is O/N=C1\CC[C@H]2C[C@H]3OCCC[C@@]13O2. The first-order chi connectivity index (χ1) is 6.85. The van der Waals surface area contributed by atoms with E-state index < -0.39 is 0 Å². The Morgan fingerprint density at radius 2 is 2.43 bits per heavy atom. The van der Waals surface area contributed by atoms with Crippen LogP contribution in [0.3, 0.4) is 0 Å². The molecule has 4 nitrogen and oxygen atoms in total. The van der Waals surface area contributed by atoms with Crippen LogP contribution in [0, 0.1) is 0 Å². The number of ether oxygens (including phenoxy) is 2. The van der Waals surface area contributed by atoms with E-state index in [2.05, 4.69) is 5.16 Å². The van der Waals surface area contributed by atoms with Crippen molar-refractivity contribution in [2.45, 2.75) is 49.9 Å². The van der Waals surface area contributed by atoms with Gasteiger partial charge in [-0.05, 0) is 25.7 Å². The van der Waals surface area contributed by atoms with Crippen LogP contribution in [0.4, 0.5) is 0 Å². The fourth-order valence-corrected chi connectivity index (χ4v) is 3.05. The normalized spacial score (nSPS) is 49.3. The Kier molecular flexibility index (Phi) is 1.82. The van der Waals surface area contributed by atoms with Crippen molar-refractivity contribution in [3.8, 4) is 0 Å². The maximum Gasteiger partial charge on any atom is 0.136 e. The van der Waals surface area contributed by atoms with E-state index in [4.69, 9.17) is 14.7 Å². The predicted molar refractivity (Wildman–Crippen MR) is 49.7 cm³/mol. The zero-order valence-corrected chi connectivity index (χ0v) is 8.11. The Balaban J connectivity index is 1.99. The highest BCUT2D eigenvalue weighted by Gasteiger charge is 2.56. The number of nitrogens with zero attached hydrogens (tertiary/aromatic N) is 1. The highest BCUT2D eigenvalue weighted by molar-refractivity contribution is 5.94. The van der Waals surface area contributed by atoms with Crippen LogP contribution in [0.2, 0.25) is 0 Å². The molecule has 3 rings (SSSR count). The second kappa shape index (κ2) is 2.94. The Morgan fingerprint density at radius 1 is 1.50 bits per heavy atom. The topological polar surface area (TPSA) is 51.1 Å². The lowest BCUT2D eigenvalue weighted by atomic mass is 9.84. The van der Waals surface area contributed by atoms with Gasteiger partial charge in [-0.25, -0.2) is 0 Å². The van der Waals surface area contributed by atoms with Crippen LogP contribution in [0.25, 0.3) is 0 Å². The summed E-state index contributed by atoms with van der Waals surface area (Å²) in [5, 5.41) is 12.4. The van der Waals surface area contributed by atoms with Crippen LogP contribution < -0.4 is 0 Å². The second-order valence-electron chi connectivity index (χ2n) is 4.41. The first-order valence-corrected chi connectivity index (χ1v) is 5.36. The summed E-state index contributed by atoms with van der Waals surface area (Å²) in [6.07, 6.45) is 5.22. The van der Waals surface area contributed by atoms with Gasteiger partial charge in [0.25, 0.3) is 0 Å². The Morgan fingerprint density at radius 3 is 3.29 bits per heavy atom. The smallest absolute Gasteiger partial charge is 0.136 e. The Bertz CT molecular complexity index is 279. The molecular formula is C10H15NO3. The molecular weight excluding hydrogens is 182 g/mol. The zero-order valence-electron chi connectivity index (χ0n) is 8.11. The lowest BCUT2D eigenvalue weighted by molar-refractivity contribution is -0.103. The molecule has 0 aromatic rings. The van der Waals surface area contributed by atoms with Crippen LogP contribution in [-0.2, 0) is 9.47 Å². The molecule has 3 atom stereocenters. The quantitative estimate of drug-likeness (QED) is 0.470. The minimum atomic E-state index is -0.365. The summed E-state index contributed by atoms with van der Waals surface area (Å²) in [4.78, 5) is 0. The molecule has 3 fully saturated rings. The van der Waals surface area contributed by atoms with Crippen molar-refractivity contribution in [1.29, 1.82) is 0 Å². The predicted octanol–water partition coefficient (Wildman–Crippen LogP) is 1.32. The fourth-order valence-electron chi connectivity index (χ4n) is 3.05. The molecule has 14 heavy (non-hydrogen) atoms. The second-order valence-corrected chi connectivity index (χ2v) is 4.41. The first kappa shape index (κ1) is 8.68. The molecule has 0 unspecified atom stereocenters. The number of hydrogen-bond donors (Lipinski definition) is 1. The van der Waals surface area contributed by atoms with Crippen molar-refractivity contribution in [3.05, 3.63) is 0 Å². The van der Waals surface area contributed by atoms with Crippen LogP contribution >= 0.6 is 0 Å². The Labute approximate surface area is 82.9 Å². The number of rotatable bonds is 0. The molecule has 0 saturated carbocycles. The summed E-state index contributed by atoms with van der Waals surface area (Å²) < 4.78 is 11.7. The third-order valence-electron chi connectivity index (χ3n) is 3.70. The van der Waals surface area contributed by atoms with Crippen molar-refractivity contribution in [2.75, 3.05) is 6.61 Å². The van der Waals surface area contributed by atoms with E-state index in [9.17, 15) is 0 Å². The monoisotopic (exact) mass is 197 g/mol. The van der Waals surface area contributed by atoms with E-state index in [0.717, 1.165) is 44.4 Å². The molecule has 0 radical (unpaired) electrons.